The molecule has 0 aliphatic carbocycles. The fourth-order valence-electron chi connectivity index (χ4n) is 6.86. The number of aromatic nitrogens is 1. The predicted octanol–water partition coefficient (Wildman–Crippen LogP) is 5.16. The summed E-state index contributed by atoms with van der Waals surface area (Å²) in [5.41, 5.74) is 2.26. The van der Waals surface area contributed by atoms with E-state index in [1.54, 1.807) is 23.1 Å². The van der Waals surface area contributed by atoms with Crippen molar-refractivity contribution in [2.24, 2.45) is 5.92 Å². The number of halogens is 4. The standard InChI is InChI=1S/C36H41F4N5O5S/c37-32-25-43(24-26-3-8-30(9-4-26)50-36(38,39)40)16-13-28(32)21-34(46)29-7-12-33(41-22-29)35(47)44-19-17-42(18-20-44)23-27-5-10-31(11-6-27)51(48,49)45-14-1-2-15-45/h3-12,22,28,32H,1-2,13-21,23-25H2/t28?,32-/m1/s1. The molecule has 2 aromatic carbocycles. The highest BCUT2D eigenvalue weighted by molar-refractivity contribution is 7.89. The number of likely N-dealkylation sites (tertiary alicyclic amines) is 1. The molecule has 0 bridgehead atoms. The lowest BCUT2D eigenvalue weighted by molar-refractivity contribution is -0.274. The monoisotopic (exact) mass is 731 g/mol. The number of amides is 1. The Balaban J connectivity index is 0.931. The highest BCUT2D eigenvalue weighted by Gasteiger charge is 2.33. The minimum absolute atomic E-state index is 0.00635. The molecule has 4 heterocycles. The quantitative estimate of drug-likeness (QED) is 0.197. The van der Waals surface area contributed by atoms with Crippen LogP contribution < -0.4 is 4.74 Å². The van der Waals surface area contributed by atoms with Crippen LogP contribution in [-0.2, 0) is 23.1 Å². The van der Waals surface area contributed by atoms with Crippen LogP contribution in [0.2, 0.25) is 0 Å². The number of piperazine rings is 1. The molecule has 0 saturated carbocycles. The molecular formula is C36H41F4N5O5S. The molecule has 51 heavy (non-hydrogen) atoms. The Labute approximate surface area is 295 Å². The topological polar surface area (TPSA) is 103 Å². The number of pyridine rings is 1. The lowest BCUT2D eigenvalue weighted by atomic mass is 9.88. The van der Waals surface area contributed by atoms with Gasteiger partial charge in [-0.3, -0.25) is 24.4 Å². The Kier molecular flexibility index (Phi) is 11.4. The van der Waals surface area contributed by atoms with Gasteiger partial charge in [-0.1, -0.05) is 24.3 Å². The summed E-state index contributed by atoms with van der Waals surface area (Å²) in [4.78, 5) is 36.6. The van der Waals surface area contributed by atoms with E-state index in [-0.39, 0.29) is 36.1 Å². The first-order valence-corrected chi connectivity index (χ1v) is 18.6. The smallest absolute Gasteiger partial charge is 0.406 e. The Morgan fingerprint density at radius 2 is 1.43 bits per heavy atom. The van der Waals surface area contributed by atoms with Gasteiger partial charge >= 0.3 is 6.36 Å². The van der Waals surface area contributed by atoms with Crippen LogP contribution in [-0.4, -0.2) is 109 Å². The molecule has 1 unspecified atom stereocenters. The SMILES string of the molecule is O=C(CC1CCN(Cc2ccc(OC(F)(F)F)cc2)C[C@H]1F)c1ccc(C(=O)N2CCN(Cc3ccc(S(=O)(=O)N4CCCC4)cc3)CC2)nc1. The van der Waals surface area contributed by atoms with Crippen LogP contribution in [0, 0.1) is 5.92 Å². The molecule has 1 aromatic heterocycles. The Morgan fingerprint density at radius 1 is 0.804 bits per heavy atom. The van der Waals surface area contributed by atoms with Gasteiger partial charge in [-0.2, -0.15) is 4.31 Å². The predicted molar refractivity (Wildman–Crippen MR) is 180 cm³/mol. The van der Waals surface area contributed by atoms with Gasteiger partial charge in [0.25, 0.3) is 5.91 Å². The molecule has 3 fully saturated rings. The van der Waals surface area contributed by atoms with Gasteiger partial charge in [0.05, 0.1) is 4.90 Å². The Bertz CT molecular complexity index is 1760. The summed E-state index contributed by atoms with van der Waals surface area (Å²) in [6.07, 6.45) is -2.42. The number of hydrogen-bond acceptors (Lipinski definition) is 8. The number of ketones is 1. The van der Waals surface area contributed by atoms with E-state index in [0.29, 0.717) is 75.8 Å². The maximum Gasteiger partial charge on any atom is 0.573 e. The van der Waals surface area contributed by atoms with Crippen molar-refractivity contribution in [3.05, 3.63) is 89.2 Å². The second kappa shape index (κ2) is 15.8. The van der Waals surface area contributed by atoms with E-state index in [1.807, 2.05) is 17.0 Å². The van der Waals surface area contributed by atoms with Crippen LogP contribution in [0.25, 0.3) is 0 Å². The van der Waals surface area contributed by atoms with Crippen LogP contribution in [0.1, 0.15) is 57.7 Å². The number of hydrogen-bond donors (Lipinski definition) is 0. The molecule has 6 rings (SSSR count). The van der Waals surface area contributed by atoms with Crippen LogP contribution in [0.4, 0.5) is 17.6 Å². The number of piperidine rings is 1. The normalized spacial score (nSPS) is 21.1. The number of rotatable bonds is 11. The zero-order valence-corrected chi connectivity index (χ0v) is 28.9. The molecule has 10 nitrogen and oxygen atoms in total. The third kappa shape index (κ3) is 9.50. The van der Waals surface area contributed by atoms with Crippen LogP contribution in [0.15, 0.2) is 71.8 Å². The van der Waals surface area contributed by atoms with Crippen molar-refractivity contribution < 1.29 is 40.3 Å². The van der Waals surface area contributed by atoms with Crippen molar-refractivity contribution in [1.29, 1.82) is 0 Å². The van der Waals surface area contributed by atoms with Crippen molar-refractivity contribution in [3.8, 4) is 5.75 Å². The number of sulfonamides is 1. The van der Waals surface area contributed by atoms with Crippen LogP contribution >= 0.6 is 0 Å². The zero-order valence-electron chi connectivity index (χ0n) is 28.1. The number of benzene rings is 2. The van der Waals surface area contributed by atoms with E-state index >= 15 is 4.39 Å². The van der Waals surface area contributed by atoms with Crippen molar-refractivity contribution in [1.82, 2.24) is 24.0 Å². The molecule has 15 heteroatoms. The van der Waals surface area contributed by atoms with E-state index in [9.17, 15) is 31.2 Å². The van der Waals surface area contributed by atoms with Gasteiger partial charge in [0.1, 0.15) is 17.6 Å². The summed E-state index contributed by atoms with van der Waals surface area (Å²) in [5, 5.41) is 0. The minimum atomic E-state index is -4.77. The maximum atomic E-state index is 15.1. The van der Waals surface area contributed by atoms with E-state index in [2.05, 4.69) is 14.6 Å². The molecule has 1 amide bonds. The van der Waals surface area contributed by atoms with Gasteiger partial charge in [0.2, 0.25) is 10.0 Å². The van der Waals surface area contributed by atoms with Crippen LogP contribution in [0.3, 0.4) is 0 Å². The lowest BCUT2D eigenvalue weighted by Gasteiger charge is -2.34. The highest BCUT2D eigenvalue weighted by atomic mass is 32.2. The van der Waals surface area contributed by atoms with Gasteiger partial charge in [-0.15, -0.1) is 13.2 Å². The third-order valence-electron chi connectivity index (χ3n) is 9.77. The molecule has 3 aliphatic heterocycles. The van der Waals surface area contributed by atoms with Crippen molar-refractivity contribution >= 4 is 21.7 Å². The second-order valence-electron chi connectivity index (χ2n) is 13.4. The van der Waals surface area contributed by atoms with Crippen molar-refractivity contribution in [2.75, 3.05) is 52.4 Å². The van der Waals surface area contributed by atoms with Gasteiger partial charge < -0.3 is 9.64 Å². The molecule has 3 aliphatic rings. The summed E-state index contributed by atoms with van der Waals surface area (Å²) in [5.74, 6) is -1.28. The van der Waals surface area contributed by atoms with Gasteiger partial charge in [-0.05, 0) is 79.3 Å². The fourth-order valence-corrected chi connectivity index (χ4v) is 8.38. The summed E-state index contributed by atoms with van der Waals surface area (Å²) >= 11 is 0. The summed E-state index contributed by atoms with van der Waals surface area (Å²) in [7, 11) is -3.45. The summed E-state index contributed by atoms with van der Waals surface area (Å²) in [6.45, 7) is 5.04. The van der Waals surface area contributed by atoms with Gasteiger partial charge in [0.15, 0.2) is 5.78 Å². The first-order chi connectivity index (χ1) is 24.3. The maximum absolute atomic E-state index is 15.1. The summed E-state index contributed by atoms with van der Waals surface area (Å²) in [6, 6.07) is 15.6. The molecule has 3 aromatic rings. The van der Waals surface area contributed by atoms with Crippen molar-refractivity contribution in [3.63, 3.8) is 0 Å². The number of ether oxygens (including phenoxy) is 1. The average Bonchev–Trinajstić information content (AvgIpc) is 3.67. The minimum Gasteiger partial charge on any atom is -0.406 e. The molecular weight excluding hydrogens is 690 g/mol. The van der Waals surface area contributed by atoms with E-state index in [0.717, 1.165) is 24.0 Å². The molecule has 0 spiro atoms. The molecule has 274 valence electrons. The molecule has 2 atom stereocenters. The number of alkyl halides is 4. The number of nitrogens with zero attached hydrogens (tertiary/aromatic N) is 5. The highest BCUT2D eigenvalue weighted by Crippen LogP contribution is 2.28. The first-order valence-electron chi connectivity index (χ1n) is 17.2. The van der Waals surface area contributed by atoms with E-state index in [4.69, 9.17) is 0 Å². The van der Waals surface area contributed by atoms with Gasteiger partial charge in [-0.25, -0.2) is 12.8 Å². The molecule has 0 N–H and O–H groups in total. The first kappa shape index (κ1) is 36.9. The number of Topliss-reactive ketones (excluding diaryl/α,β-unsaturated/α-hetero) is 1. The summed E-state index contributed by atoms with van der Waals surface area (Å²) < 4.78 is 83.4. The lowest BCUT2D eigenvalue weighted by Crippen LogP contribution is -2.48. The number of carbonyl (C=O) groups excluding carboxylic acids is 2. The Hall–Kier alpha value is -3.92. The van der Waals surface area contributed by atoms with E-state index < -0.39 is 28.5 Å². The van der Waals surface area contributed by atoms with Crippen molar-refractivity contribution in [2.45, 2.75) is 56.2 Å². The average molecular weight is 732 g/mol. The molecule has 3 saturated heterocycles. The van der Waals surface area contributed by atoms with E-state index in [1.165, 1.54) is 40.8 Å². The number of carbonyl (C=O) groups is 2. The third-order valence-corrected chi connectivity index (χ3v) is 11.7. The zero-order chi connectivity index (χ0) is 36.2. The second-order valence-corrected chi connectivity index (χ2v) is 15.3. The van der Waals surface area contributed by atoms with Gasteiger partial charge in [0, 0.05) is 77.1 Å². The molecule has 0 radical (unpaired) electrons. The van der Waals surface area contributed by atoms with Crippen LogP contribution in [0.5, 0.6) is 5.75 Å². The Morgan fingerprint density at radius 3 is 2.02 bits per heavy atom. The fraction of sp³-hybridized carbons (Fsp3) is 0.472. The largest absolute Gasteiger partial charge is 0.573 e.